The maximum atomic E-state index is 15.4. The van der Waals surface area contributed by atoms with E-state index >= 15 is 4.57 Å². The number of unbranched alkanes of at least 4 members (excludes halogenated alkanes) is 7. The summed E-state index contributed by atoms with van der Waals surface area (Å²) < 4.78 is 63.8. The summed E-state index contributed by atoms with van der Waals surface area (Å²) in [5, 5.41) is 14.5. The molecule has 2 aliphatic rings. The molecule has 0 radical (unpaired) electrons. The summed E-state index contributed by atoms with van der Waals surface area (Å²) in [6.07, 6.45) is 9.91. The van der Waals surface area contributed by atoms with Crippen molar-refractivity contribution in [1.82, 2.24) is 44.1 Å². The lowest BCUT2D eigenvalue weighted by atomic mass is 9.80. The van der Waals surface area contributed by atoms with Gasteiger partial charge in [0.15, 0.2) is 22.9 Å². The number of nitrogens with one attached hydrogen (secondary N) is 1. The molecule has 7 aromatic rings. The number of aromatic nitrogens is 8. The highest BCUT2D eigenvalue weighted by Crippen LogP contribution is 2.51. The Morgan fingerprint density at radius 1 is 0.681 bits per heavy atom. The van der Waals surface area contributed by atoms with Gasteiger partial charge in [-0.25, -0.2) is 39.6 Å². The molecule has 6 N–H and O–H groups in total. The largest absolute Gasteiger partial charge is 0.497 e. The molecule has 0 aliphatic carbocycles. The number of imidazole rings is 2. The van der Waals surface area contributed by atoms with E-state index < -0.39 is 50.2 Å². The SMILES string of the molecule is CCCCCCCCCCNP(=O)(OC[C@H]1O[C@@H](n2cnc3c(N)ncnc32)C[C@@H]1O)O[C@H]1C[C@H](n2cnc3c(N)ncnc32)O[C@@H]1COC(c1ccccc1)(c1ccc(OC)cc1)c1ccc(OC)cc1. The fourth-order valence-corrected chi connectivity index (χ4v) is 11.1. The van der Waals surface area contributed by atoms with Crippen LogP contribution in [-0.2, 0) is 33.4 Å². The van der Waals surface area contributed by atoms with Crippen LogP contribution in [0.1, 0.15) is 100 Å². The van der Waals surface area contributed by atoms with E-state index in [-0.39, 0.29) is 37.7 Å². The molecule has 0 amide bonds. The predicted octanol–water partition coefficient (Wildman–Crippen LogP) is 8.03. The first-order chi connectivity index (χ1) is 35.1. The van der Waals surface area contributed by atoms with Crippen LogP contribution in [0.25, 0.3) is 22.3 Å². The molecule has 0 bridgehead atoms. The molecular weight excluding hydrogens is 942 g/mol. The van der Waals surface area contributed by atoms with Crippen LogP contribution in [0.15, 0.2) is 104 Å². The van der Waals surface area contributed by atoms with Crippen molar-refractivity contribution in [2.24, 2.45) is 0 Å². The summed E-state index contributed by atoms with van der Waals surface area (Å²) in [5.74, 6) is 1.81. The smallest absolute Gasteiger partial charge is 0.405 e. The second kappa shape index (κ2) is 23.2. The second-order valence-corrected chi connectivity index (χ2v) is 19.9. The maximum Gasteiger partial charge on any atom is 0.405 e. The van der Waals surface area contributed by atoms with Crippen molar-refractivity contribution >= 4 is 41.7 Å². The lowest BCUT2D eigenvalue weighted by Gasteiger charge is -2.37. The Hall–Kier alpha value is -6.09. The summed E-state index contributed by atoms with van der Waals surface area (Å²) in [7, 11) is -0.979. The van der Waals surface area contributed by atoms with Crippen molar-refractivity contribution in [2.45, 2.75) is 114 Å². The number of anilines is 2. The molecule has 382 valence electrons. The minimum Gasteiger partial charge on any atom is -0.497 e. The van der Waals surface area contributed by atoms with Gasteiger partial charge < -0.3 is 40.3 Å². The van der Waals surface area contributed by atoms with Gasteiger partial charge in [-0.1, -0.05) is 106 Å². The lowest BCUT2D eigenvalue weighted by Crippen LogP contribution is -2.39. The van der Waals surface area contributed by atoms with Gasteiger partial charge in [-0.3, -0.25) is 18.2 Å². The number of methoxy groups -OCH3 is 2. The third-order valence-corrected chi connectivity index (χ3v) is 15.1. The average Bonchev–Trinajstić information content (AvgIpc) is 4.22. The molecule has 9 rings (SSSR count). The van der Waals surface area contributed by atoms with Gasteiger partial charge in [-0.2, -0.15) is 0 Å². The number of aliphatic hydroxyl groups excluding tert-OH is 1. The van der Waals surface area contributed by atoms with E-state index in [4.69, 9.17) is 44.2 Å². The Balaban J connectivity index is 1.02. The average molecular weight is 1010 g/mol. The van der Waals surface area contributed by atoms with Crippen molar-refractivity contribution < 1.29 is 42.4 Å². The number of rotatable bonds is 25. The highest BCUT2D eigenvalue weighted by Gasteiger charge is 2.47. The zero-order valence-corrected chi connectivity index (χ0v) is 41.8. The van der Waals surface area contributed by atoms with E-state index in [2.05, 4.69) is 41.9 Å². The van der Waals surface area contributed by atoms with E-state index in [9.17, 15) is 5.11 Å². The summed E-state index contributed by atoms with van der Waals surface area (Å²) in [4.78, 5) is 25.9. The van der Waals surface area contributed by atoms with Crippen LogP contribution >= 0.6 is 7.75 Å². The molecule has 2 aliphatic heterocycles. The zero-order chi connectivity index (χ0) is 50.1. The van der Waals surface area contributed by atoms with Crippen molar-refractivity contribution in [3.05, 3.63) is 121 Å². The van der Waals surface area contributed by atoms with Gasteiger partial charge in [0.2, 0.25) is 0 Å². The van der Waals surface area contributed by atoms with E-state index in [0.717, 1.165) is 42.4 Å². The standard InChI is InChI=1S/C51H64N11O9P/c1-4-5-6-7-8-9-10-14-25-60-72(64,68-29-41-39(63)26-43(69-41)61-32-58-45-47(52)54-30-56-49(45)61)71-40-27-44(62-33-59-46-48(53)55-31-57-50(46)62)70-42(40)28-67-51(34-15-12-11-13-16-34,35-17-21-37(65-2)22-18-35)36-19-23-38(66-3)24-20-36/h11-13,15-24,30-33,39-44,63H,4-10,14,25-29H2,1-3H3,(H,60,64)(H2,52,54,56)(H2,53,55,57)/t39-,40-,41+,42+,43+,44+,72?/m0/s1. The van der Waals surface area contributed by atoms with Crippen LogP contribution in [0.3, 0.4) is 0 Å². The summed E-state index contributed by atoms with van der Waals surface area (Å²) >= 11 is 0. The van der Waals surface area contributed by atoms with Gasteiger partial charge in [-0.15, -0.1) is 0 Å². The molecule has 6 heterocycles. The Kier molecular flexibility index (Phi) is 16.4. The summed E-state index contributed by atoms with van der Waals surface area (Å²) in [6, 6.07) is 25.4. The number of aliphatic hydroxyl groups is 1. The van der Waals surface area contributed by atoms with E-state index in [1.54, 1.807) is 36.0 Å². The predicted molar refractivity (Wildman–Crippen MR) is 270 cm³/mol. The molecule has 72 heavy (non-hydrogen) atoms. The summed E-state index contributed by atoms with van der Waals surface area (Å²) in [6.45, 7) is 2.23. The molecule has 0 spiro atoms. The first-order valence-electron chi connectivity index (χ1n) is 24.6. The topological polar surface area (TPSA) is 253 Å². The fraction of sp³-hybridized carbons (Fsp3) is 0.451. The molecule has 2 fully saturated rings. The van der Waals surface area contributed by atoms with Gasteiger partial charge in [0.25, 0.3) is 0 Å². The third kappa shape index (κ3) is 11.1. The van der Waals surface area contributed by atoms with E-state index in [1.165, 1.54) is 38.3 Å². The Labute approximate surface area is 418 Å². The number of nitrogen functional groups attached to an aromatic ring is 2. The zero-order valence-electron chi connectivity index (χ0n) is 40.9. The van der Waals surface area contributed by atoms with Crippen LogP contribution in [0.4, 0.5) is 11.6 Å². The monoisotopic (exact) mass is 1010 g/mol. The number of nitrogens with two attached hydrogens (primary N) is 2. The van der Waals surface area contributed by atoms with Gasteiger partial charge in [0.1, 0.15) is 71.6 Å². The lowest BCUT2D eigenvalue weighted by molar-refractivity contribution is -0.0923. The Morgan fingerprint density at radius 3 is 1.78 bits per heavy atom. The van der Waals surface area contributed by atoms with Crippen LogP contribution in [0.5, 0.6) is 11.5 Å². The Bertz CT molecular complexity index is 2840. The molecule has 20 nitrogen and oxygen atoms in total. The van der Waals surface area contributed by atoms with Gasteiger partial charge in [-0.05, 0) is 47.4 Å². The Morgan fingerprint density at radius 2 is 1.21 bits per heavy atom. The third-order valence-electron chi connectivity index (χ3n) is 13.4. The maximum absolute atomic E-state index is 15.4. The molecule has 7 atom stereocenters. The van der Waals surface area contributed by atoms with Crippen LogP contribution in [0.2, 0.25) is 0 Å². The number of benzene rings is 3. The first kappa shape index (κ1) is 50.8. The number of ether oxygens (including phenoxy) is 5. The van der Waals surface area contributed by atoms with Crippen molar-refractivity contribution in [1.29, 1.82) is 0 Å². The minimum atomic E-state index is -4.23. The molecule has 4 aromatic heterocycles. The number of fused-ring (bicyclic) bond motifs is 2. The molecule has 0 saturated carbocycles. The van der Waals surface area contributed by atoms with Crippen LogP contribution < -0.4 is 26.0 Å². The first-order valence-corrected chi connectivity index (χ1v) is 26.2. The van der Waals surface area contributed by atoms with Gasteiger partial charge in [0, 0.05) is 19.4 Å². The van der Waals surface area contributed by atoms with Crippen molar-refractivity contribution in [3.63, 3.8) is 0 Å². The number of hydrogen-bond acceptors (Lipinski definition) is 17. The molecule has 2 saturated heterocycles. The van der Waals surface area contributed by atoms with Gasteiger partial charge in [0.05, 0.1) is 46.2 Å². The van der Waals surface area contributed by atoms with Crippen molar-refractivity contribution in [2.75, 3.05) is 45.4 Å². The fourth-order valence-electron chi connectivity index (χ4n) is 9.55. The number of nitrogens with zero attached hydrogens (tertiary/aromatic N) is 8. The van der Waals surface area contributed by atoms with E-state index in [1.807, 2.05) is 78.9 Å². The highest BCUT2D eigenvalue weighted by molar-refractivity contribution is 7.51. The molecular formula is C51H64N11O9P. The van der Waals surface area contributed by atoms with Crippen LogP contribution in [0, 0.1) is 0 Å². The molecule has 1 unspecified atom stereocenters. The second-order valence-electron chi connectivity index (χ2n) is 18.1. The summed E-state index contributed by atoms with van der Waals surface area (Å²) in [5.41, 5.74) is 15.3. The van der Waals surface area contributed by atoms with E-state index in [0.29, 0.717) is 40.4 Å². The van der Waals surface area contributed by atoms with Crippen molar-refractivity contribution in [3.8, 4) is 11.5 Å². The highest BCUT2D eigenvalue weighted by atomic mass is 31.2. The quantitative estimate of drug-likeness (QED) is 0.0240. The normalized spacial score (nSPS) is 21.1. The minimum absolute atomic E-state index is 0.0606. The van der Waals surface area contributed by atoms with Gasteiger partial charge >= 0.3 is 7.75 Å². The molecule has 21 heteroatoms. The molecule has 3 aromatic carbocycles. The number of hydrogen-bond donors (Lipinski definition) is 4. The van der Waals surface area contributed by atoms with Crippen LogP contribution in [-0.4, -0.2) is 103 Å².